The predicted molar refractivity (Wildman–Crippen MR) is 102 cm³/mol. The number of nitrogens with zero attached hydrogens (tertiary/aromatic N) is 2. The van der Waals surface area contributed by atoms with Crippen LogP contribution in [0.25, 0.3) is 0 Å². The molecule has 2 aromatic carbocycles. The minimum atomic E-state index is 0.387. The van der Waals surface area contributed by atoms with Crippen molar-refractivity contribution in [2.45, 2.75) is 19.9 Å². The Morgan fingerprint density at radius 3 is 2.17 bits per heavy atom. The molecule has 2 nitrogen and oxygen atoms in total. The Bertz CT molecular complexity index is 744. The molecule has 0 aliphatic rings. The van der Waals surface area contributed by atoms with E-state index in [-0.39, 0.29) is 0 Å². The minimum Gasteiger partial charge on any atom is -0.339 e. The predicted octanol–water partition coefficient (Wildman–Crippen LogP) is 6.05. The van der Waals surface area contributed by atoms with Crippen molar-refractivity contribution >= 4 is 34.6 Å². The van der Waals surface area contributed by atoms with Gasteiger partial charge >= 0.3 is 0 Å². The molecule has 1 heterocycles. The van der Waals surface area contributed by atoms with Crippen molar-refractivity contribution in [3.05, 3.63) is 77.0 Å². The first-order valence-corrected chi connectivity index (χ1v) is 8.64. The molecule has 0 aliphatic carbocycles. The average Bonchev–Trinajstić information content (AvgIpc) is 3.08. The van der Waals surface area contributed by atoms with Crippen LogP contribution < -0.4 is 4.90 Å². The number of benzene rings is 2. The molecule has 0 unspecified atom stereocenters. The third kappa shape index (κ3) is 3.88. The number of hydrogen-bond donors (Lipinski definition) is 0. The summed E-state index contributed by atoms with van der Waals surface area (Å²) in [4.78, 5) is 8.03. The first kappa shape index (κ1) is 15.5. The normalized spacial score (nSPS) is 11.3. The van der Waals surface area contributed by atoms with Crippen LogP contribution in [0.1, 0.15) is 18.7 Å². The van der Waals surface area contributed by atoms with Gasteiger partial charge in [-0.25, -0.2) is 0 Å². The van der Waals surface area contributed by atoms with Crippen LogP contribution in [0.2, 0.25) is 0 Å². The zero-order valence-electron chi connectivity index (χ0n) is 13.4. The zero-order valence-corrected chi connectivity index (χ0v) is 14.2. The van der Waals surface area contributed by atoms with Crippen LogP contribution in [-0.4, -0.2) is 12.3 Å². The van der Waals surface area contributed by atoms with Gasteiger partial charge in [-0.15, -0.1) is 11.3 Å². The molecule has 0 radical (unpaired) electrons. The molecule has 1 aromatic heterocycles. The van der Waals surface area contributed by atoms with Gasteiger partial charge in [0.25, 0.3) is 0 Å². The molecular weight excluding hydrogens is 300 g/mol. The molecule has 0 aliphatic heterocycles. The van der Waals surface area contributed by atoms with Gasteiger partial charge in [-0.2, -0.15) is 0 Å². The van der Waals surface area contributed by atoms with Gasteiger partial charge in [-0.1, -0.05) is 24.3 Å². The standard InChI is InChI=1S/C20H20N2S/c1-16(2)22(18-7-4-3-5-8-18)19-12-10-17(11-13-19)21-15-20-9-6-14-23-20/h3-16H,1-2H3. The smallest absolute Gasteiger partial charge is 0.0631 e. The molecule has 0 bridgehead atoms. The van der Waals surface area contributed by atoms with E-state index < -0.39 is 0 Å². The maximum atomic E-state index is 4.53. The fourth-order valence-electron chi connectivity index (χ4n) is 2.54. The number of para-hydroxylation sites is 1. The Labute approximate surface area is 141 Å². The summed E-state index contributed by atoms with van der Waals surface area (Å²) < 4.78 is 0. The van der Waals surface area contributed by atoms with Crippen molar-refractivity contribution in [1.29, 1.82) is 0 Å². The summed E-state index contributed by atoms with van der Waals surface area (Å²) in [5.41, 5.74) is 3.36. The van der Waals surface area contributed by atoms with Crippen molar-refractivity contribution in [2.24, 2.45) is 4.99 Å². The van der Waals surface area contributed by atoms with E-state index in [1.165, 1.54) is 16.3 Å². The van der Waals surface area contributed by atoms with Crippen molar-refractivity contribution < 1.29 is 0 Å². The summed E-state index contributed by atoms with van der Waals surface area (Å²) in [7, 11) is 0. The van der Waals surface area contributed by atoms with Crippen LogP contribution in [0.4, 0.5) is 17.1 Å². The van der Waals surface area contributed by atoms with Gasteiger partial charge in [0.05, 0.1) is 5.69 Å². The van der Waals surface area contributed by atoms with E-state index in [4.69, 9.17) is 0 Å². The van der Waals surface area contributed by atoms with E-state index in [9.17, 15) is 0 Å². The lowest BCUT2D eigenvalue weighted by molar-refractivity contribution is 0.789. The summed E-state index contributed by atoms with van der Waals surface area (Å²) in [5, 5.41) is 2.06. The van der Waals surface area contributed by atoms with Crippen molar-refractivity contribution in [3.8, 4) is 0 Å². The Kier molecular flexibility index (Phi) is 4.89. The lowest BCUT2D eigenvalue weighted by Gasteiger charge is -2.29. The van der Waals surface area contributed by atoms with Gasteiger partial charge in [-0.3, -0.25) is 4.99 Å². The fraction of sp³-hybridized carbons (Fsp3) is 0.150. The highest BCUT2D eigenvalue weighted by atomic mass is 32.1. The van der Waals surface area contributed by atoms with E-state index >= 15 is 0 Å². The number of aliphatic imine (C=N–C) groups is 1. The highest BCUT2D eigenvalue weighted by Gasteiger charge is 2.12. The van der Waals surface area contributed by atoms with E-state index in [1.54, 1.807) is 11.3 Å². The van der Waals surface area contributed by atoms with Gasteiger partial charge in [0.2, 0.25) is 0 Å². The summed E-state index contributed by atoms with van der Waals surface area (Å²) in [6.07, 6.45) is 1.91. The molecule has 3 rings (SSSR count). The largest absolute Gasteiger partial charge is 0.339 e. The lowest BCUT2D eigenvalue weighted by Crippen LogP contribution is -2.25. The van der Waals surface area contributed by atoms with Crippen molar-refractivity contribution in [3.63, 3.8) is 0 Å². The molecule has 0 N–H and O–H groups in total. The number of anilines is 2. The van der Waals surface area contributed by atoms with Crippen LogP contribution in [0.3, 0.4) is 0 Å². The Morgan fingerprint density at radius 2 is 1.57 bits per heavy atom. The van der Waals surface area contributed by atoms with E-state index in [1.807, 2.05) is 18.3 Å². The number of rotatable bonds is 5. The van der Waals surface area contributed by atoms with Crippen molar-refractivity contribution in [1.82, 2.24) is 0 Å². The molecular formula is C20H20N2S. The Balaban J connectivity index is 1.82. The molecule has 0 spiro atoms. The van der Waals surface area contributed by atoms with E-state index in [0.29, 0.717) is 6.04 Å². The summed E-state index contributed by atoms with van der Waals surface area (Å²) in [6, 6.07) is 23.4. The van der Waals surface area contributed by atoms with Crippen LogP contribution in [0.15, 0.2) is 77.1 Å². The second kappa shape index (κ2) is 7.25. The molecule has 0 amide bonds. The fourth-order valence-corrected chi connectivity index (χ4v) is 3.12. The summed E-state index contributed by atoms with van der Waals surface area (Å²) in [5.74, 6) is 0. The molecule has 0 atom stereocenters. The number of hydrogen-bond acceptors (Lipinski definition) is 3. The maximum absolute atomic E-state index is 4.53. The van der Waals surface area contributed by atoms with Gasteiger partial charge < -0.3 is 4.90 Å². The maximum Gasteiger partial charge on any atom is 0.0631 e. The van der Waals surface area contributed by atoms with Gasteiger partial charge in [0.15, 0.2) is 0 Å². The quantitative estimate of drug-likeness (QED) is 0.523. The lowest BCUT2D eigenvalue weighted by atomic mass is 10.2. The highest BCUT2D eigenvalue weighted by molar-refractivity contribution is 7.11. The monoisotopic (exact) mass is 320 g/mol. The van der Waals surface area contributed by atoms with Crippen molar-refractivity contribution in [2.75, 3.05) is 4.90 Å². The third-order valence-corrected chi connectivity index (χ3v) is 4.37. The molecule has 0 saturated carbocycles. The molecule has 116 valence electrons. The van der Waals surface area contributed by atoms with Gasteiger partial charge in [0, 0.05) is 28.5 Å². The van der Waals surface area contributed by atoms with Crippen LogP contribution >= 0.6 is 11.3 Å². The molecule has 3 aromatic rings. The second-order valence-corrected chi connectivity index (χ2v) is 6.57. The first-order valence-electron chi connectivity index (χ1n) is 7.76. The average molecular weight is 320 g/mol. The molecule has 0 fully saturated rings. The van der Waals surface area contributed by atoms with Gasteiger partial charge in [-0.05, 0) is 61.7 Å². The number of thiophene rings is 1. The molecule has 0 saturated heterocycles. The molecule has 23 heavy (non-hydrogen) atoms. The zero-order chi connectivity index (χ0) is 16.1. The summed E-state index contributed by atoms with van der Waals surface area (Å²) >= 11 is 1.69. The van der Waals surface area contributed by atoms with E-state index in [0.717, 1.165) is 5.69 Å². The topological polar surface area (TPSA) is 15.6 Å². The minimum absolute atomic E-state index is 0.387. The highest BCUT2D eigenvalue weighted by Crippen LogP contribution is 2.29. The molecule has 3 heteroatoms. The SMILES string of the molecule is CC(C)N(c1ccccc1)c1ccc(N=Cc2cccs2)cc1. The first-order chi connectivity index (χ1) is 11.2. The van der Waals surface area contributed by atoms with Crippen LogP contribution in [-0.2, 0) is 0 Å². The summed E-state index contributed by atoms with van der Waals surface area (Å²) in [6.45, 7) is 4.41. The Hall–Kier alpha value is -2.39. The second-order valence-electron chi connectivity index (χ2n) is 5.59. The Morgan fingerprint density at radius 1 is 0.870 bits per heavy atom. The van der Waals surface area contributed by atoms with Crippen LogP contribution in [0.5, 0.6) is 0 Å². The van der Waals surface area contributed by atoms with Gasteiger partial charge in [0.1, 0.15) is 0 Å². The van der Waals surface area contributed by atoms with E-state index in [2.05, 4.69) is 83.7 Å². The van der Waals surface area contributed by atoms with Crippen LogP contribution in [0, 0.1) is 0 Å². The third-order valence-electron chi connectivity index (χ3n) is 3.56.